The summed E-state index contributed by atoms with van der Waals surface area (Å²) in [7, 11) is 0. The molecule has 0 aromatic carbocycles. The van der Waals surface area contributed by atoms with Crippen molar-refractivity contribution in [1.82, 2.24) is 5.48 Å². The highest BCUT2D eigenvalue weighted by atomic mass is 32.1. The van der Waals surface area contributed by atoms with Crippen LogP contribution in [0.3, 0.4) is 0 Å². The van der Waals surface area contributed by atoms with Crippen LogP contribution >= 0.6 is 11.3 Å². The molecule has 3 heteroatoms. The second kappa shape index (κ2) is 3.85. The molecule has 0 saturated carbocycles. The first-order valence-corrected chi connectivity index (χ1v) is 4.51. The van der Waals surface area contributed by atoms with Gasteiger partial charge in [0.1, 0.15) is 0 Å². The largest absolute Gasteiger partial charge is 0.316 e. The lowest BCUT2D eigenvalue weighted by molar-refractivity contribution is 0.162. The van der Waals surface area contributed by atoms with Gasteiger partial charge in [0.2, 0.25) is 0 Å². The van der Waals surface area contributed by atoms with Gasteiger partial charge in [0.15, 0.2) is 0 Å². The summed E-state index contributed by atoms with van der Waals surface area (Å²) in [6.45, 7) is 4.89. The molecule has 0 fully saturated rings. The van der Waals surface area contributed by atoms with Gasteiger partial charge < -0.3 is 5.21 Å². The normalized spacial score (nSPS) is 10.9. The molecule has 1 aromatic heterocycles. The maximum atomic E-state index is 8.42. The first kappa shape index (κ1) is 8.71. The van der Waals surface area contributed by atoms with Crippen LogP contribution in [0.15, 0.2) is 12.1 Å². The molecule has 0 spiro atoms. The number of nitrogens with one attached hydrogen (secondary N) is 1. The van der Waals surface area contributed by atoms with E-state index in [1.165, 1.54) is 9.75 Å². The summed E-state index contributed by atoms with van der Waals surface area (Å²) in [4.78, 5) is 2.55. The average Bonchev–Trinajstić information content (AvgIpc) is 2.37. The minimum absolute atomic E-state index is 0.553. The highest BCUT2D eigenvalue weighted by Crippen LogP contribution is 2.23. The van der Waals surface area contributed by atoms with Crippen LogP contribution in [0.1, 0.15) is 29.5 Å². The Kier molecular flexibility index (Phi) is 3.05. The Morgan fingerprint density at radius 1 is 1.55 bits per heavy atom. The van der Waals surface area contributed by atoms with E-state index in [0.29, 0.717) is 12.5 Å². The third kappa shape index (κ3) is 2.29. The SMILES string of the molecule is CC(C)c1ccc(CNO)s1. The van der Waals surface area contributed by atoms with Crippen molar-refractivity contribution in [1.29, 1.82) is 0 Å². The molecule has 11 heavy (non-hydrogen) atoms. The Hall–Kier alpha value is -0.380. The molecule has 0 radical (unpaired) electrons. The van der Waals surface area contributed by atoms with E-state index in [-0.39, 0.29) is 0 Å². The smallest absolute Gasteiger partial charge is 0.0552 e. The van der Waals surface area contributed by atoms with Gasteiger partial charge >= 0.3 is 0 Å². The minimum atomic E-state index is 0.553. The third-order valence-electron chi connectivity index (χ3n) is 1.50. The van der Waals surface area contributed by atoms with Crippen LogP contribution < -0.4 is 5.48 Å². The zero-order valence-corrected chi connectivity index (χ0v) is 7.61. The van der Waals surface area contributed by atoms with Crippen LogP contribution in [-0.2, 0) is 6.54 Å². The molecule has 0 aliphatic carbocycles. The quantitative estimate of drug-likeness (QED) is 0.684. The van der Waals surface area contributed by atoms with Crippen molar-refractivity contribution < 1.29 is 5.21 Å². The number of rotatable bonds is 3. The Morgan fingerprint density at radius 3 is 2.73 bits per heavy atom. The van der Waals surface area contributed by atoms with Gasteiger partial charge in [-0.3, -0.25) is 0 Å². The number of hydroxylamine groups is 1. The molecule has 0 aliphatic heterocycles. The fourth-order valence-electron chi connectivity index (χ4n) is 0.878. The predicted octanol–water partition coefficient (Wildman–Crippen LogP) is 2.35. The summed E-state index contributed by atoms with van der Waals surface area (Å²) in [6.07, 6.45) is 0. The van der Waals surface area contributed by atoms with Gasteiger partial charge in [0, 0.05) is 9.75 Å². The molecule has 0 bridgehead atoms. The van der Waals surface area contributed by atoms with Crippen molar-refractivity contribution in [2.45, 2.75) is 26.3 Å². The zero-order valence-electron chi connectivity index (χ0n) is 6.79. The standard InChI is InChI=1S/C8H13NOS/c1-6(2)8-4-3-7(11-8)5-9-10/h3-4,6,9-10H,5H2,1-2H3. The first-order chi connectivity index (χ1) is 5.24. The van der Waals surface area contributed by atoms with Crippen LogP contribution in [-0.4, -0.2) is 5.21 Å². The number of hydrogen-bond donors (Lipinski definition) is 2. The van der Waals surface area contributed by atoms with Gasteiger partial charge in [-0.15, -0.1) is 11.3 Å². The lowest BCUT2D eigenvalue weighted by atomic mass is 10.2. The molecular formula is C8H13NOS. The fourth-order valence-corrected chi connectivity index (χ4v) is 1.83. The highest BCUT2D eigenvalue weighted by molar-refractivity contribution is 7.12. The minimum Gasteiger partial charge on any atom is -0.316 e. The van der Waals surface area contributed by atoms with Crippen molar-refractivity contribution in [2.75, 3.05) is 0 Å². The fraction of sp³-hybridized carbons (Fsp3) is 0.500. The van der Waals surface area contributed by atoms with E-state index in [4.69, 9.17) is 5.21 Å². The van der Waals surface area contributed by atoms with Gasteiger partial charge in [0.05, 0.1) is 6.54 Å². The molecule has 0 aliphatic rings. The van der Waals surface area contributed by atoms with E-state index in [0.717, 1.165) is 0 Å². The Labute approximate surface area is 70.8 Å². The summed E-state index contributed by atoms with van der Waals surface area (Å²) in [5.41, 5.74) is 2.15. The van der Waals surface area contributed by atoms with Crippen LogP contribution in [0.4, 0.5) is 0 Å². The predicted molar refractivity (Wildman–Crippen MR) is 47.0 cm³/mol. The van der Waals surface area contributed by atoms with Crippen molar-refractivity contribution in [3.8, 4) is 0 Å². The molecule has 0 amide bonds. The summed E-state index contributed by atoms with van der Waals surface area (Å²) >= 11 is 1.74. The summed E-state index contributed by atoms with van der Waals surface area (Å²) in [6, 6.07) is 4.16. The summed E-state index contributed by atoms with van der Waals surface area (Å²) < 4.78 is 0. The lowest BCUT2D eigenvalue weighted by Gasteiger charge is -1.97. The average molecular weight is 171 g/mol. The molecule has 2 nitrogen and oxygen atoms in total. The van der Waals surface area contributed by atoms with Gasteiger partial charge in [-0.25, -0.2) is 5.48 Å². The molecule has 0 atom stereocenters. The van der Waals surface area contributed by atoms with Crippen molar-refractivity contribution >= 4 is 11.3 Å². The van der Waals surface area contributed by atoms with Gasteiger partial charge in [0.25, 0.3) is 0 Å². The van der Waals surface area contributed by atoms with Gasteiger partial charge in [-0.1, -0.05) is 13.8 Å². The van der Waals surface area contributed by atoms with E-state index in [1.54, 1.807) is 11.3 Å². The maximum Gasteiger partial charge on any atom is 0.0552 e. The molecule has 0 saturated heterocycles. The third-order valence-corrected chi connectivity index (χ3v) is 2.89. The van der Waals surface area contributed by atoms with E-state index >= 15 is 0 Å². The summed E-state index contributed by atoms with van der Waals surface area (Å²) in [5.74, 6) is 0.590. The Bertz CT molecular complexity index is 220. The molecule has 62 valence electrons. The van der Waals surface area contributed by atoms with Crippen molar-refractivity contribution in [2.24, 2.45) is 0 Å². The van der Waals surface area contributed by atoms with Crippen LogP contribution in [0, 0.1) is 0 Å². The molecular weight excluding hydrogens is 158 g/mol. The van der Waals surface area contributed by atoms with Crippen LogP contribution in [0.5, 0.6) is 0 Å². The monoisotopic (exact) mass is 171 g/mol. The molecule has 1 heterocycles. The van der Waals surface area contributed by atoms with E-state index in [2.05, 4.69) is 25.4 Å². The topological polar surface area (TPSA) is 32.3 Å². The number of hydrogen-bond acceptors (Lipinski definition) is 3. The number of thiophene rings is 1. The molecule has 1 aromatic rings. The van der Waals surface area contributed by atoms with Crippen LogP contribution in [0.25, 0.3) is 0 Å². The second-order valence-corrected chi connectivity index (χ2v) is 3.99. The maximum absolute atomic E-state index is 8.42. The first-order valence-electron chi connectivity index (χ1n) is 3.69. The van der Waals surface area contributed by atoms with Gasteiger partial charge in [-0.05, 0) is 18.1 Å². The highest BCUT2D eigenvalue weighted by Gasteiger charge is 2.02. The lowest BCUT2D eigenvalue weighted by Crippen LogP contribution is -2.03. The molecule has 1 rings (SSSR count). The summed E-state index contributed by atoms with van der Waals surface area (Å²) in [5, 5.41) is 8.42. The van der Waals surface area contributed by atoms with E-state index in [9.17, 15) is 0 Å². The van der Waals surface area contributed by atoms with E-state index in [1.807, 2.05) is 6.07 Å². The van der Waals surface area contributed by atoms with Crippen molar-refractivity contribution in [3.05, 3.63) is 21.9 Å². The van der Waals surface area contributed by atoms with Crippen LogP contribution in [0.2, 0.25) is 0 Å². The zero-order chi connectivity index (χ0) is 8.27. The van der Waals surface area contributed by atoms with Crippen molar-refractivity contribution in [3.63, 3.8) is 0 Å². The molecule has 2 N–H and O–H groups in total. The molecule has 0 unspecified atom stereocenters. The second-order valence-electron chi connectivity index (χ2n) is 2.79. The Balaban J connectivity index is 2.66. The van der Waals surface area contributed by atoms with E-state index < -0.39 is 0 Å². The Morgan fingerprint density at radius 2 is 2.27 bits per heavy atom. The van der Waals surface area contributed by atoms with Gasteiger partial charge in [-0.2, -0.15) is 0 Å².